The number of nitrogens with zero attached hydrogens (tertiary/aromatic N) is 4. The van der Waals surface area contributed by atoms with Crippen LogP contribution < -0.4 is 21.1 Å². The minimum Gasteiger partial charge on any atom is -0.467 e. The van der Waals surface area contributed by atoms with Crippen molar-refractivity contribution in [2.75, 3.05) is 25.1 Å². The molecule has 0 aliphatic carbocycles. The number of carbonyl (C=O) groups excluding carboxylic acids is 2. The van der Waals surface area contributed by atoms with Gasteiger partial charge in [-0.05, 0) is 30.5 Å². The van der Waals surface area contributed by atoms with Crippen LogP contribution in [-0.2, 0) is 16.1 Å². The zero-order chi connectivity index (χ0) is 24.8. The van der Waals surface area contributed by atoms with Crippen molar-refractivity contribution in [3.63, 3.8) is 0 Å². The van der Waals surface area contributed by atoms with Crippen LogP contribution in [0.25, 0.3) is 11.2 Å². The number of rotatable bonds is 7. The molecule has 1 aromatic carbocycles. The van der Waals surface area contributed by atoms with Crippen molar-refractivity contribution in [2.24, 2.45) is 0 Å². The summed E-state index contributed by atoms with van der Waals surface area (Å²) in [5, 5.41) is 5.64. The lowest BCUT2D eigenvalue weighted by Crippen LogP contribution is -2.50. The molecule has 182 valence electrons. The first kappa shape index (κ1) is 23.9. The Labute approximate surface area is 202 Å². The van der Waals surface area contributed by atoms with Gasteiger partial charge < -0.3 is 20.3 Å². The van der Waals surface area contributed by atoms with Crippen LogP contribution in [0.2, 0.25) is 0 Å². The van der Waals surface area contributed by atoms with Gasteiger partial charge >= 0.3 is 12.0 Å². The smallest absolute Gasteiger partial charge is 0.333 e. The number of piperidine rings is 1. The second-order valence-corrected chi connectivity index (χ2v) is 8.23. The lowest BCUT2D eigenvalue weighted by Gasteiger charge is -2.33. The summed E-state index contributed by atoms with van der Waals surface area (Å²) in [6.07, 6.45) is 4.53. The Bertz CT molecular complexity index is 1270. The van der Waals surface area contributed by atoms with Gasteiger partial charge in [-0.3, -0.25) is 9.36 Å². The van der Waals surface area contributed by atoms with Gasteiger partial charge in [-0.25, -0.2) is 19.6 Å². The highest BCUT2D eigenvalue weighted by atomic mass is 16.5. The standard InChI is InChI=1S/C25H28N6O4/c1-3-14-31-21-19(10-7-13-26-21)28-22(23(31)32)30-15-11-18(12-16-30)27-25(34)29-20(24(33)35-2)17-8-5-4-6-9-17/h3-10,13,18,20H,1,11-12,14-16H2,2H3,(H2,27,29,34). The van der Waals surface area contributed by atoms with E-state index in [0.717, 1.165) is 0 Å². The van der Waals surface area contributed by atoms with Gasteiger partial charge in [-0.2, -0.15) is 0 Å². The van der Waals surface area contributed by atoms with Crippen molar-refractivity contribution in [2.45, 2.75) is 31.5 Å². The molecule has 0 saturated carbocycles. The van der Waals surface area contributed by atoms with E-state index in [1.165, 1.54) is 7.11 Å². The van der Waals surface area contributed by atoms with E-state index in [9.17, 15) is 14.4 Å². The molecule has 0 radical (unpaired) electrons. The number of ether oxygens (including phenoxy) is 1. The third-order valence-corrected chi connectivity index (χ3v) is 5.97. The number of fused-ring (bicyclic) bond motifs is 1. The fourth-order valence-corrected chi connectivity index (χ4v) is 4.20. The molecule has 1 aliphatic rings. The Morgan fingerprint density at radius 3 is 2.63 bits per heavy atom. The zero-order valence-electron chi connectivity index (χ0n) is 19.5. The molecule has 1 saturated heterocycles. The second-order valence-electron chi connectivity index (χ2n) is 8.23. The molecule has 0 bridgehead atoms. The zero-order valence-corrected chi connectivity index (χ0v) is 19.5. The summed E-state index contributed by atoms with van der Waals surface area (Å²) in [5.41, 5.74) is 1.58. The molecule has 10 heteroatoms. The molecule has 4 rings (SSSR count). The maximum atomic E-state index is 13.1. The second kappa shape index (κ2) is 10.8. The number of urea groups is 1. The van der Waals surface area contributed by atoms with Gasteiger partial charge in [0.1, 0.15) is 5.52 Å². The quantitative estimate of drug-likeness (QED) is 0.396. The minimum atomic E-state index is -0.903. The summed E-state index contributed by atoms with van der Waals surface area (Å²) in [4.78, 5) is 48.8. The van der Waals surface area contributed by atoms with Gasteiger partial charge in [0.25, 0.3) is 5.56 Å². The first-order valence-corrected chi connectivity index (χ1v) is 11.4. The lowest BCUT2D eigenvalue weighted by atomic mass is 10.0. The Balaban J connectivity index is 1.42. The van der Waals surface area contributed by atoms with E-state index in [1.54, 1.807) is 47.2 Å². The third-order valence-electron chi connectivity index (χ3n) is 5.97. The first-order valence-electron chi connectivity index (χ1n) is 11.4. The molecule has 3 aromatic rings. The average Bonchev–Trinajstić information content (AvgIpc) is 2.89. The van der Waals surface area contributed by atoms with Gasteiger partial charge in [-0.1, -0.05) is 36.4 Å². The van der Waals surface area contributed by atoms with Crippen molar-refractivity contribution < 1.29 is 14.3 Å². The predicted octanol–water partition coefficient (Wildman–Crippen LogP) is 2.16. The van der Waals surface area contributed by atoms with E-state index < -0.39 is 18.0 Å². The van der Waals surface area contributed by atoms with E-state index in [2.05, 4.69) is 27.2 Å². The van der Waals surface area contributed by atoms with Crippen LogP contribution >= 0.6 is 0 Å². The molecule has 1 unspecified atom stereocenters. The molecule has 10 nitrogen and oxygen atoms in total. The van der Waals surface area contributed by atoms with Crippen LogP contribution in [-0.4, -0.2) is 52.8 Å². The highest BCUT2D eigenvalue weighted by Crippen LogP contribution is 2.19. The molecular weight excluding hydrogens is 448 g/mol. The first-order chi connectivity index (χ1) is 17.0. The van der Waals surface area contributed by atoms with Gasteiger partial charge in [0.05, 0.1) is 7.11 Å². The van der Waals surface area contributed by atoms with Crippen LogP contribution in [0.15, 0.2) is 66.1 Å². The van der Waals surface area contributed by atoms with Crippen LogP contribution in [0.4, 0.5) is 10.6 Å². The number of hydrogen-bond acceptors (Lipinski definition) is 7. The number of carbonyl (C=O) groups is 2. The van der Waals surface area contributed by atoms with Gasteiger partial charge in [0, 0.05) is 31.9 Å². The maximum Gasteiger partial charge on any atom is 0.333 e. The molecule has 2 amide bonds. The number of allylic oxidation sites excluding steroid dienone is 1. The summed E-state index contributed by atoms with van der Waals surface area (Å²) in [6, 6.07) is 11.1. The summed E-state index contributed by atoms with van der Waals surface area (Å²) in [7, 11) is 1.29. The molecule has 35 heavy (non-hydrogen) atoms. The third kappa shape index (κ3) is 5.32. The van der Waals surface area contributed by atoms with Crippen LogP contribution in [0.1, 0.15) is 24.4 Å². The molecule has 0 spiro atoms. The van der Waals surface area contributed by atoms with E-state index >= 15 is 0 Å². The number of benzene rings is 1. The van der Waals surface area contributed by atoms with E-state index in [1.807, 2.05) is 17.0 Å². The van der Waals surface area contributed by atoms with Gasteiger partial charge in [0.2, 0.25) is 0 Å². The molecule has 3 heterocycles. The SMILES string of the molecule is C=CCn1c(=O)c(N2CCC(NC(=O)NC(C(=O)OC)c3ccccc3)CC2)nc2cccnc21. The molecular formula is C25H28N6O4. The van der Waals surface area contributed by atoms with Crippen molar-refractivity contribution in [1.29, 1.82) is 0 Å². The number of amides is 2. The van der Waals surface area contributed by atoms with E-state index in [-0.39, 0.29) is 11.6 Å². The average molecular weight is 477 g/mol. The predicted molar refractivity (Wildman–Crippen MR) is 132 cm³/mol. The van der Waals surface area contributed by atoms with Crippen molar-refractivity contribution >= 4 is 29.0 Å². The van der Waals surface area contributed by atoms with Crippen LogP contribution in [0, 0.1) is 0 Å². The maximum absolute atomic E-state index is 13.1. The van der Waals surface area contributed by atoms with Crippen LogP contribution in [0.3, 0.4) is 0 Å². The fourth-order valence-electron chi connectivity index (χ4n) is 4.20. The highest BCUT2D eigenvalue weighted by Gasteiger charge is 2.27. The topological polar surface area (TPSA) is 118 Å². The number of hydrogen-bond donors (Lipinski definition) is 2. The number of methoxy groups -OCH3 is 1. The van der Waals surface area contributed by atoms with E-state index in [0.29, 0.717) is 55.0 Å². The molecule has 1 fully saturated rings. The Hall–Kier alpha value is -4.21. The lowest BCUT2D eigenvalue weighted by molar-refractivity contribution is -0.143. The Kier molecular flexibility index (Phi) is 7.39. The number of anilines is 1. The fraction of sp³-hybridized carbons (Fsp3) is 0.320. The Morgan fingerprint density at radius 1 is 1.20 bits per heavy atom. The number of nitrogens with one attached hydrogen (secondary N) is 2. The minimum absolute atomic E-state index is 0.113. The molecule has 2 N–H and O–H groups in total. The molecule has 1 aliphatic heterocycles. The molecule has 2 aromatic heterocycles. The Morgan fingerprint density at radius 2 is 1.94 bits per heavy atom. The van der Waals surface area contributed by atoms with Gasteiger partial charge in [-0.15, -0.1) is 6.58 Å². The highest BCUT2D eigenvalue weighted by molar-refractivity contribution is 5.84. The van der Waals surface area contributed by atoms with E-state index in [4.69, 9.17) is 4.74 Å². The molecule has 1 atom stereocenters. The van der Waals surface area contributed by atoms with Crippen molar-refractivity contribution in [3.05, 3.63) is 77.2 Å². The number of esters is 1. The largest absolute Gasteiger partial charge is 0.467 e. The number of aromatic nitrogens is 3. The summed E-state index contributed by atoms with van der Waals surface area (Å²) < 4.78 is 6.42. The summed E-state index contributed by atoms with van der Waals surface area (Å²) in [6.45, 7) is 5.17. The summed E-state index contributed by atoms with van der Waals surface area (Å²) >= 11 is 0. The number of pyridine rings is 1. The summed E-state index contributed by atoms with van der Waals surface area (Å²) in [5.74, 6) is -0.182. The van der Waals surface area contributed by atoms with Crippen LogP contribution in [0.5, 0.6) is 0 Å². The van der Waals surface area contributed by atoms with Crippen molar-refractivity contribution in [1.82, 2.24) is 25.2 Å². The van der Waals surface area contributed by atoms with Gasteiger partial charge in [0.15, 0.2) is 17.5 Å². The monoisotopic (exact) mass is 476 g/mol. The van der Waals surface area contributed by atoms with Crippen molar-refractivity contribution in [3.8, 4) is 0 Å². The normalized spacial score (nSPS) is 14.8.